The van der Waals surface area contributed by atoms with E-state index in [0.29, 0.717) is 11.2 Å². The van der Waals surface area contributed by atoms with Crippen LogP contribution in [0.25, 0.3) is 10.9 Å². The Bertz CT molecular complexity index is 839. The van der Waals surface area contributed by atoms with Crippen LogP contribution >= 0.6 is 35.0 Å². The van der Waals surface area contributed by atoms with Crippen molar-refractivity contribution in [2.45, 2.75) is 0 Å². The second kappa shape index (κ2) is 6.93. The van der Waals surface area contributed by atoms with Crippen molar-refractivity contribution in [3.63, 3.8) is 0 Å². The number of aromatic hydroxyl groups is 1. The maximum Gasteiger partial charge on any atom is 0.259 e. The van der Waals surface area contributed by atoms with Crippen LogP contribution in [0.15, 0.2) is 54.7 Å². The Morgan fingerprint density at radius 3 is 2.73 bits per heavy atom. The number of carbonyl (C=O) groups excluding carboxylic acids is 1. The molecule has 0 fully saturated rings. The average molecular weight is 427 g/mol. The number of halogens is 2. The first-order valence-electron chi connectivity index (χ1n) is 6.29. The lowest BCUT2D eigenvalue weighted by Gasteiger charge is -2.08. The first kappa shape index (κ1) is 16.5. The number of phenolic OH excluding ortho intramolecular Hbond substituents is 1. The third-order valence-electron chi connectivity index (χ3n) is 3.08. The van der Waals surface area contributed by atoms with Crippen molar-refractivity contribution in [2.24, 2.45) is 0 Å². The number of fused-ring (bicyclic) bond motifs is 1. The fourth-order valence-electron chi connectivity index (χ4n) is 2.08. The molecule has 3 aromatic rings. The van der Waals surface area contributed by atoms with Gasteiger partial charge in [0.05, 0.1) is 5.56 Å². The number of carbonyl (C=O) groups is 1. The Balaban J connectivity index is 0.00000176. The predicted octanol–water partition coefficient (Wildman–Crippen LogP) is 4.22. The van der Waals surface area contributed by atoms with E-state index in [1.807, 2.05) is 24.3 Å². The maximum absolute atomic E-state index is 12.3. The highest BCUT2D eigenvalue weighted by molar-refractivity contribution is 14.1. The summed E-state index contributed by atoms with van der Waals surface area (Å²) in [6.45, 7) is 0. The number of hydrogen-bond donors (Lipinski definition) is 2. The van der Waals surface area contributed by atoms with Crippen LogP contribution < -0.4 is 5.32 Å². The molecule has 0 saturated carbocycles. The van der Waals surface area contributed by atoms with Gasteiger partial charge in [0, 0.05) is 20.8 Å². The minimum atomic E-state index is -0.359. The molecule has 0 unspecified atom stereocenters. The quantitative estimate of drug-likeness (QED) is 0.603. The van der Waals surface area contributed by atoms with E-state index >= 15 is 0 Å². The monoisotopic (exact) mass is 426 g/mol. The summed E-state index contributed by atoms with van der Waals surface area (Å²) >= 11 is 2.17. The SMILES string of the molecule is Cl.O=C(Nc1cccc(I)c1)c1ccc2cccnc2c1O. The van der Waals surface area contributed by atoms with Crippen molar-refractivity contribution in [3.8, 4) is 5.75 Å². The minimum Gasteiger partial charge on any atom is -0.505 e. The van der Waals surface area contributed by atoms with E-state index in [-0.39, 0.29) is 29.6 Å². The topological polar surface area (TPSA) is 62.2 Å². The van der Waals surface area contributed by atoms with Gasteiger partial charge in [0.25, 0.3) is 5.91 Å². The summed E-state index contributed by atoms with van der Waals surface area (Å²) in [7, 11) is 0. The molecule has 0 saturated heterocycles. The van der Waals surface area contributed by atoms with E-state index in [9.17, 15) is 9.90 Å². The van der Waals surface area contributed by atoms with Gasteiger partial charge in [-0.15, -0.1) is 12.4 Å². The van der Waals surface area contributed by atoms with Crippen molar-refractivity contribution < 1.29 is 9.90 Å². The molecule has 0 bridgehead atoms. The number of aromatic nitrogens is 1. The third kappa shape index (κ3) is 3.31. The predicted molar refractivity (Wildman–Crippen MR) is 97.8 cm³/mol. The van der Waals surface area contributed by atoms with Gasteiger partial charge in [-0.1, -0.05) is 18.2 Å². The van der Waals surface area contributed by atoms with Gasteiger partial charge in [0.1, 0.15) is 5.52 Å². The number of nitrogens with one attached hydrogen (secondary N) is 1. The van der Waals surface area contributed by atoms with Crippen molar-refractivity contribution in [1.82, 2.24) is 4.98 Å². The van der Waals surface area contributed by atoms with Gasteiger partial charge in [-0.05, 0) is 52.9 Å². The molecular formula is C16H12ClIN2O2. The Kier molecular flexibility index (Phi) is 5.20. The molecule has 1 amide bonds. The van der Waals surface area contributed by atoms with Crippen molar-refractivity contribution in [1.29, 1.82) is 0 Å². The van der Waals surface area contributed by atoms with Crippen molar-refractivity contribution in [3.05, 3.63) is 63.9 Å². The Labute approximate surface area is 147 Å². The zero-order valence-electron chi connectivity index (χ0n) is 11.3. The number of nitrogens with zero attached hydrogens (tertiary/aromatic N) is 1. The van der Waals surface area contributed by atoms with Crippen LogP contribution in [0.2, 0.25) is 0 Å². The molecule has 0 atom stereocenters. The number of hydrogen-bond acceptors (Lipinski definition) is 3. The number of pyridine rings is 1. The molecule has 0 spiro atoms. The first-order valence-corrected chi connectivity index (χ1v) is 7.36. The van der Waals surface area contributed by atoms with E-state index in [1.54, 1.807) is 30.5 Å². The summed E-state index contributed by atoms with van der Waals surface area (Å²) < 4.78 is 1.02. The standard InChI is InChI=1S/C16H11IN2O2.ClH/c17-11-4-1-5-12(9-11)19-16(21)13-7-6-10-3-2-8-18-14(10)15(13)20;/h1-9,20H,(H,19,21);1H. The lowest BCUT2D eigenvalue weighted by Crippen LogP contribution is -2.12. The highest BCUT2D eigenvalue weighted by atomic mass is 127. The van der Waals surface area contributed by atoms with Crippen LogP contribution in [0, 0.1) is 3.57 Å². The summed E-state index contributed by atoms with van der Waals surface area (Å²) in [6, 6.07) is 14.4. The van der Waals surface area contributed by atoms with Gasteiger partial charge in [0.15, 0.2) is 5.75 Å². The average Bonchev–Trinajstić information content (AvgIpc) is 2.48. The third-order valence-corrected chi connectivity index (χ3v) is 3.75. The van der Waals surface area contributed by atoms with Gasteiger partial charge >= 0.3 is 0 Å². The van der Waals surface area contributed by atoms with Gasteiger partial charge in [0.2, 0.25) is 0 Å². The fraction of sp³-hybridized carbons (Fsp3) is 0. The number of benzene rings is 2. The van der Waals surface area contributed by atoms with Crippen molar-refractivity contribution in [2.75, 3.05) is 5.32 Å². The van der Waals surface area contributed by atoms with Gasteiger partial charge in [-0.3, -0.25) is 9.78 Å². The zero-order valence-corrected chi connectivity index (χ0v) is 14.3. The van der Waals surface area contributed by atoms with E-state index in [1.165, 1.54) is 0 Å². The summed E-state index contributed by atoms with van der Waals surface area (Å²) in [4.78, 5) is 16.4. The lowest BCUT2D eigenvalue weighted by molar-refractivity contribution is 0.102. The van der Waals surface area contributed by atoms with Gasteiger partial charge in [-0.2, -0.15) is 0 Å². The lowest BCUT2D eigenvalue weighted by atomic mass is 10.1. The molecule has 4 nitrogen and oxygen atoms in total. The molecule has 112 valence electrons. The summed E-state index contributed by atoms with van der Waals surface area (Å²) in [5.74, 6) is -0.460. The number of amides is 1. The minimum absolute atomic E-state index is 0. The number of anilines is 1. The molecule has 2 N–H and O–H groups in total. The van der Waals surface area contributed by atoms with Crippen LogP contribution in [0.1, 0.15) is 10.4 Å². The molecule has 22 heavy (non-hydrogen) atoms. The largest absolute Gasteiger partial charge is 0.505 e. The van der Waals surface area contributed by atoms with Crippen LogP contribution in [-0.2, 0) is 0 Å². The second-order valence-corrected chi connectivity index (χ2v) is 5.75. The molecule has 0 aliphatic rings. The van der Waals surface area contributed by atoms with Gasteiger partial charge < -0.3 is 10.4 Å². The molecule has 0 aliphatic heterocycles. The molecule has 1 aromatic heterocycles. The van der Waals surface area contributed by atoms with E-state index < -0.39 is 0 Å². The molecule has 0 radical (unpaired) electrons. The summed E-state index contributed by atoms with van der Waals surface area (Å²) in [6.07, 6.45) is 1.59. The number of phenols is 1. The fourth-order valence-corrected chi connectivity index (χ4v) is 2.62. The number of rotatable bonds is 2. The Morgan fingerprint density at radius 1 is 1.14 bits per heavy atom. The Hall–Kier alpha value is -1.86. The Morgan fingerprint density at radius 2 is 1.95 bits per heavy atom. The van der Waals surface area contributed by atoms with Crippen LogP contribution in [0.4, 0.5) is 5.69 Å². The van der Waals surface area contributed by atoms with E-state index in [2.05, 4.69) is 32.9 Å². The molecule has 3 rings (SSSR count). The summed E-state index contributed by atoms with van der Waals surface area (Å²) in [5.41, 5.74) is 1.32. The highest BCUT2D eigenvalue weighted by Gasteiger charge is 2.14. The first-order chi connectivity index (χ1) is 10.1. The van der Waals surface area contributed by atoms with Crippen LogP contribution in [0.5, 0.6) is 5.75 Å². The molecule has 0 aliphatic carbocycles. The van der Waals surface area contributed by atoms with Crippen LogP contribution in [-0.4, -0.2) is 16.0 Å². The zero-order chi connectivity index (χ0) is 14.8. The smallest absolute Gasteiger partial charge is 0.259 e. The van der Waals surface area contributed by atoms with E-state index in [0.717, 1.165) is 8.96 Å². The molecule has 6 heteroatoms. The molecular weight excluding hydrogens is 415 g/mol. The van der Waals surface area contributed by atoms with E-state index in [4.69, 9.17) is 0 Å². The highest BCUT2D eigenvalue weighted by Crippen LogP contribution is 2.27. The van der Waals surface area contributed by atoms with Crippen molar-refractivity contribution >= 4 is 57.5 Å². The molecule has 2 aromatic carbocycles. The maximum atomic E-state index is 12.3. The van der Waals surface area contributed by atoms with Gasteiger partial charge in [-0.25, -0.2) is 0 Å². The second-order valence-electron chi connectivity index (χ2n) is 4.50. The van der Waals surface area contributed by atoms with Crippen LogP contribution in [0.3, 0.4) is 0 Å². The normalized spacial score (nSPS) is 10.0. The molecule has 1 heterocycles. The summed E-state index contributed by atoms with van der Waals surface area (Å²) in [5, 5.41) is 13.8.